The molecule has 0 unspecified atom stereocenters. The predicted molar refractivity (Wildman–Crippen MR) is 69.4 cm³/mol. The summed E-state index contributed by atoms with van der Waals surface area (Å²) in [5.41, 5.74) is 0. The van der Waals surface area contributed by atoms with Crippen LogP contribution in [0.5, 0.6) is 0 Å². The molecule has 92 valence electrons. The summed E-state index contributed by atoms with van der Waals surface area (Å²) in [6.07, 6.45) is 7.48. The third kappa shape index (κ3) is 3.08. The number of hydrogen-bond donors (Lipinski definition) is 2. The minimum absolute atomic E-state index is 0.294. The second-order valence-electron chi connectivity index (χ2n) is 5.07. The minimum atomic E-state index is 0.294. The number of likely N-dealkylation sites (tertiary alicyclic amines) is 1. The molecule has 1 saturated heterocycles. The zero-order valence-corrected chi connectivity index (χ0v) is 10.6. The van der Waals surface area contributed by atoms with Crippen molar-refractivity contribution in [1.29, 1.82) is 0 Å². The lowest BCUT2D eigenvalue weighted by Gasteiger charge is -2.34. The van der Waals surface area contributed by atoms with E-state index in [0.717, 1.165) is 31.0 Å². The van der Waals surface area contributed by atoms with Gasteiger partial charge in [0.15, 0.2) is 5.11 Å². The third-order valence-electron chi connectivity index (χ3n) is 3.75. The molecule has 1 heterocycles. The largest absolute Gasteiger partial charge is 0.396 e. The molecule has 0 aromatic heterocycles. The molecule has 0 amide bonds. The van der Waals surface area contributed by atoms with Gasteiger partial charge in [0.25, 0.3) is 0 Å². The fraction of sp³-hybridized carbons (Fsp3) is 0.917. The topological polar surface area (TPSA) is 35.5 Å². The van der Waals surface area contributed by atoms with Crippen LogP contribution in [0.25, 0.3) is 0 Å². The van der Waals surface area contributed by atoms with Crippen LogP contribution in [0.1, 0.15) is 38.5 Å². The van der Waals surface area contributed by atoms with Gasteiger partial charge in [0.1, 0.15) is 0 Å². The van der Waals surface area contributed by atoms with Crippen LogP contribution in [0.4, 0.5) is 0 Å². The van der Waals surface area contributed by atoms with Crippen molar-refractivity contribution in [2.75, 3.05) is 19.7 Å². The van der Waals surface area contributed by atoms with Crippen molar-refractivity contribution >= 4 is 17.3 Å². The predicted octanol–water partition coefficient (Wildman–Crippen LogP) is 1.51. The Bertz CT molecular complexity index is 241. The average molecular weight is 242 g/mol. The van der Waals surface area contributed by atoms with E-state index < -0.39 is 0 Å². The van der Waals surface area contributed by atoms with E-state index in [1.54, 1.807) is 0 Å². The van der Waals surface area contributed by atoms with Gasteiger partial charge in [0.2, 0.25) is 0 Å². The molecule has 1 atom stereocenters. The highest BCUT2D eigenvalue weighted by Gasteiger charge is 2.23. The monoisotopic (exact) mass is 242 g/mol. The molecule has 0 bridgehead atoms. The maximum absolute atomic E-state index is 9.18. The Morgan fingerprint density at radius 1 is 1.25 bits per heavy atom. The summed E-state index contributed by atoms with van der Waals surface area (Å²) in [6, 6.07) is 0.599. The van der Waals surface area contributed by atoms with Crippen molar-refractivity contribution < 1.29 is 5.11 Å². The molecule has 0 radical (unpaired) electrons. The molecule has 0 spiro atoms. The molecule has 1 aliphatic heterocycles. The summed E-state index contributed by atoms with van der Waals surface area (Å²) >= 11 is 5.44. The van der Waals surface area contributed by atoms with Gasteiger partial charge in [-0.1, -0.05) is 12.8 Å². The Labute approximate surface area is 103 Å². The van der Waals surface area contributed by atoms with Gasteiger partial charge < -0.3 is 15.3 Å². The second-order valence-corrected chi connectivity index (χ2v) is 5.45. The Balaban J connectivity index is 1.79. The van der Waals surface area contributed by atoms with E-state index in [-0.39, 0.29) is 0 Å². The zero-order valence-electron chi connectivity index (χ0n) is 9.82. The number of nitrogens with one attached hydrogen (secondary N) is 1. The molecule has 2 rings (SSSR count). The van der Waals surface area contributed by atoms with E-state index in [1.807, 2.05) is 0 Å². The van der Waals surface area contributed by atoms with Gasteiger partial charge in [-0.2, -0.15) is 0 Å². The molecule has 2 N–H and O–H groups in total. The zero-order chi connectivity index (χ0) is 11.4. The SMILES string of the molecule is OC[C@@H]1CCCN(C(=S)NC2CCCC2)C1. The molecule has 1 saturated carbocycles. The third-order valence-corrected chi connectivity index (χ3v) is 4.12. The molecule has 1 aliphatic carbocycles. The maximum Gasteiger partial charge on any atom is 0.169 e. The van der Waals surface area contributed by atoms with Crippen molar-refractivity contribution in [2.24, 2.45) is 5.92 Å². The van der Waals surface area contributed by atoms with Gasteiger partial charge >= 0.3 is 0 Å². The molecular formula is C12H22N2OS. The van der Waals surface area contributed by atoms with Crippen molar-refractivity contribution in [3.05, 3.63) is 0 Å². The highest BCUT2D eigenvalue weighted by molar-refractivity contribution is 7.80. The lowest BCUT2D eigenvalue weighted by molar-refractivity contribution is 0.159. The molecule has 3 nitrogen and oxygen atoms in total. The van der Waals surface area contributed by atoms with Gasteiger partial charge in [0, 0.05) is 25.7 Å². The van der Waals surface area contributed by atoms with E-state index in [9.17, 15) is 5.11 Å². The van der Waals surface area contributed by atoms with Gasteiger partial charge in [-0.05, 0) is 43.8 Å². The van der Waals surface area contributed by atoms with Crippen LogP contribution in [0.3, 0.4) is 0 Å². The van der Waals surface area contributed by atoms with Crippen LogP contribution in [-0.2, 0) is 0 Å². The summed E-state index contributed by atoms with van der Waals surface area (Å²) in [6.45, 7) is 2.27. The van der Waals surface area contributed by atoms with Crippen LogP contribution in [0, 0.1) is 5.92 Å². The van der Waals surface area contributed by atoms with E-state index in [4.69, 9.17) is 12.2 Å². The molecule has 16 heavy (non-hydrogen) atoms. The summed E-state index contributed by atoms with van der Waals surface area (Å²) in [5.74, 6) is 0.414. The van der Waals surface area contributed by atoms with Crippen molar-refractivity contribution in [3.63, 3.8) is 0 Å². The molecule has 2 fully saturated rings. The smallest absolute Gasteiger partial charge is 0.169 e. The molecule has 0 aromatic rings. The van der Waals surface area contributed by atoms with Crippen molar-refractivity contribution in [1.82, 2.24) is 10.2 Å². The number of aliphatic hydroxyl groups is 1. The highest BCUT2D eigenvalue weighted by Crippen LogP contribution is 2.19. The fourth-order valence-corrected chi connectivity index (χ4v) is 3.07. The van der Waals surface area contributed by atoms with Gasteiger partial charge in [-0.25, -0.2) is 0 Å². The number of thiocarbonyl (C=S) groups is 1. The van der Waals surface area contributed by atoms with Crippen LogP contribution < -0.4 is 5.32 Å². The quantitative estimate of drug-likeness (QED) is 0.720. The Morgan fingerprint density at radius 2 is 2.00 bits per heavy atom. The lowest BCUT2D eigenvalue weighted by Crippen LogP contribution is -2.48. The Morgan fingerprint density at radius 3 is 2.69 bits per heavy atom. The summed E-state index contributed by atoms with van der Waals surface area (Å²) in [4.78, 5) is 2.23. The van der Waals surface area contributed by atoms with Crippen LogP contribution >= 0.6 is 12.2 Å². The normalized spacial score (nSPS) is 27.1. The van der Waals surface area contributed by atoms with Gasteiger partial charge in [-0.15, -0.1) is 0 Å². The molecular weight excluding hydrogens is 220 g/mol. The number of nitrogens with zero attached hydrogens (tertiary/aromatic N) is 1. The Kier molecular flexibility index (Phi) is 4.41. The van der Waals surface area contributed by atoms with E-state index in [2.05, 4.69) is 10.2 Å². The summed E-state index contributed by atoms with van der Waals surface area (Å²) < 4.78 is 0. The van der Waals surface area contributed by atoms with Crippen molar-refractivity contribution in [3.8, 4) is 0 Å². The fourth-order valence-electron chi connectivity index (χ4n) is 2.73. The van der Waals surface area contributed by atoms with Crippen molar-refractivity contribution in [2.45, 2.75) is 44.6 Å². The molecule has 2 aliphatic rings. The summed E-state index contributed by atoms with van der Waals surface area (Å²) in [5, 5.41) is 13.6. The molecule has 0 aromatic carbocycles. The molecule has 4 heteroatoms. The lowest BCUT2D eigenvalue weighted by atomic mass is 9.99. The second kappa shape index (κ2) is 5.82. The van der Waals surface area contributed by atoms with E-state index >= 15 is 0 Å². The highest BCUT2D eigenvalue weighted by atomic mass is 32.1. The van der Waals surface area contributed by atoms with Crippen LogP contribution in [0.15, 0.2) is 0 Å². The maximum atomic E-state index is 9.18. The number of hydrogen-bond acceptors (Lipinski definition) is 2. The van der Waals surface area contributed by atoms with Gasteiger partial charge in [0.05, 0.1) is 0 Å². The average Bonchev–Trinajstić information content (AvgIpc) is 2.82. The number of piperidine rings is 1. The number of rotatable bonds is 2. The Hall–Kier alpha value is -0.350. The van der Waals surface area contributed by atoms with Crippen LogP contribution in [0.2, 0.25) is 0 Å². The first-order valence-corrected chi connectivity index (χ1v) is 6.86. The van der Waals surface area contributed by atoms with E-state index in [0.29, 0.717) is 18.6 Å². The first-order valence-electron chi connectivity index (χ1n) is 6.46. The number of aliphatic hydroxyl groups excluding tert-OH is 1. The summed E-state index contributed by atoms with van der Waals surface area (Å²) in [7, 11) is 0. The van der Waals surface area contributed by atoms with E-state index in [1.165, 1.54) is 25.7 Å². The van der Waals surface area contributed by atoms with Gasteiger partial charge in [-0.3, -0.25) is 0 Å². The standard InChI is InChI=1S/C12H22N2OS/c15-9-10-4-3-7-14(8-10)12(16)13-11-5-1-2-6-11/h10-11,15H,1-9H2,(H,13,16)/t10-/m1/s1. The van der Waals surface area contributed by atoms with Crippen LogP contribution in [-0.4, -0.2) is 40.9 Å². The minimum Gasteiger partial charge on any atom is -0.396 e. The first-order chi connectivity index (χ1) is 7.79. The first kappa shape index (κ1) is 12.1.